The largest absolute Gasteiger partial charge is 0.478 e. The maximum atomic E-state index is 11.1. The van der Waals surface area contributed by atoms with Gasteiger partial charge >= 0.3 is 5.97 Å². The molecule has 1 aromatic heterocycles. The van der Waals surface area contributed by atoms with Crippen molar-refractivity contribution in [1.82, 2.24) is 9.97 Å². The van der Waals surface area contributed by atoms with Crippen molar-refractivity contribution in [3.8, 4) is 12.3 Å². The standard InChI is InChI=1S/C11H12N2O2S/c1-4-5-6-16-10-9(11(14)15)7(2)12-8(3)13-10/h1H,5-6H2,2-3H3,(H,14,15). The molecule has 0 saturated carbocycles. The maximum Gasteiger partial charge on any atom is 0.340 e. The fourth-order valence-electron chi connectivity index (χ4n) is 1.24. The minimum absolute atomic E-state index is 0.174. The summed E-state index contributed by atoms with van der Waals surface area (Å²) >= 11 is 1.35. The van der Waals surface area contributed by atoms with Crippen LogP contribution in [0.3, 0.4) is 0 Å². The number of nitrogens with zero attached hydrogens (tertiary/aromatic N) is 2. The van der Waals surface area contributed by atoms with Gasteiger partial charge in [-0.1, -0.05) is 0 Å². The Kier molecular flexibility index (Phi) is 4.32. The maximum absolute atomic E-state index is 11.1. The minimum atomic E-state index is -0.999. The van der Waals surface area contributed by atoms with E-state index in [-0.39, 0.29) is 5.56 Å². The number of hydrogen-bond acceptors (Lipinski definition) is 4. The lowest BCUT2D eigenvalue weighted by Crippen LogP contribution is -2.08. The molecule has 0 aliphatic rings. The van der Waals surface area contributed by atoms with Crippen LogP contribution < -0.4 is 0 Å². The fourth-order valence-corrected chi connectivity index (χ4v) is 2.23. The highest BCUT2D eigenvalue weighted by atomic mass is 32.2. The third-order valence-corrected chi connectivity index (χ3v) is 2.84. The first kappa shape index (κ1) is 12.5. The first-order valence-corrected chi connectivity index (χ1v) is 5.69. The van der Waals surface area contributed by atoms with Crippen molar-refractivity contribution in [3.05, 3.63) is 17.1 Å². The summed E-state index contributed by atoms with van der Waals surface area (Å²) in [5, 5.41) is 9.55. The lowest BCUT2D eigenvalue weighted by molar-refractivity contribution is 0.0690. The van der Waals surface area contributed by atoms with Gasteiger partial charge in [0.25, 0.3) is 0 Å². The van der Waals surface area contributed by atoms with E-state index < -0.39 is 5.97 Å². The Morgan fingerprint density at radius 2 is 2.19 bits per heavy atom. The third kappa shape index (κ3) is 2.97. The number of carboxylic acids is 1. The van der Waals surface area contributed by atoms with Crippen molar-refractivity contribution < 1.29 is 9.90 Å². The van der Waals surface area contributed by atoms with E-state index in [9.17, 15) is 4.79 Å². The van der Waals surface area contributed by atoms with Crippen molar-refractivity contribution >= 4 is 17.7 Å². The Bertz CT molecular complexity index is 452. The summed E-state index contributed by atoms with van der Waals surface area (Å²) in [4.78, 5) is 19.2. The van der Waals surface area contributed by atoms with Crippen molar-refractivity contribution in [2.75, 3.05) is 5.75 Å². The number of aryl methyl sites for hydroxylation is 2. The molecule has 0 bridgehead atoms. The van der Waals surface area contributed by atoms with Crippen LogP contribution in [-0.4, -0.2) is 26.8 Å². The molecule has 5 heteroatoms. The Hall–Kier alpha value is -1.54. The van der Waals surface area contributed by atoms with Gasteiger partial charge in [-0.2, -0.15) is 0 Å². The predicted molar refractivity (Wildman–Crippen MR) is 62.6 cm³/mol. The smallest absolute Gasteiger partial charge is 0.340 e. The van der Waals surface area contributed by atoms with Gasteiger partial charge in [0.15, 0.2) is 0 Å². The van der Waals surface area contributed by atoms with Gasteiger partial charge in [0, 0.05) is 12.2 Å². The van der Waals surface area contributed by atoms with Crippen molar-refractivity contribution in [1.29, 1.82) is 0 Å². The van der Waals surface area contributed by atoms with E-state index in [0.29, 0.717) is 28.7 Å². The molecule has 0 unspecified atom stereocenters. The minimum Gasteiger partial charge on any atom is -0.478 e. The summed E-state index contributed by atoms with van der Waals surface area (Å²) < 4.78 is 0. The van der Waals surface area contributed by atoms with Gasteiger partial charge in [0.05, 0.1) is 5.69 Å². The Morgan fingerprint density at radius 1 is 1.50 bits per heavy atom. The second-order valence-corrected chi connectivity index (χ2v) is 4.23. The van der Waals surface area contributed by atoms with Crippen molar-refractivity contribution in [2.45, 2.75) is 25.3 Å². The number of carboxylic acid groups (broad SMARTS) is 1. The van der Waals surface area contributed by atoms with Crippen LogP contribution in [-0.2, 0) is 0 Å². The predicted octanol–water partition coefficient (Wildman–Crippen LogP) is 1.91. The molecule has 0 amide bonds. The summed E-state index contributed by atoms with van der Waals surface area (Å²) in [5.74, 6) is 2.74. The number of aromatic nitrogens is 2. The Balaban J connectivity index is 3.05. The zero-order valence-electron chi connectivity index (χ0n) is 9.15. The highest BCUT2D eigenvalue weighted by Crippen LogP contribution is 2.23. The van der Waals surface area contributed by atoms with Crippen LogP contribution in [0.5, 0.6) is 0 Å². The van der Waals surface area contributed by atoms with Crippen LogP contribution in [0.25, 0.3) is 0 Å². The second kappa shape index (κ2) is 5.52. The average molecular weight is 236 g/mol. The molecule has 1 N–H and O–H groups in total. The van der Waals surface area contributed by atoms with Gasteiger partial charge in [0.1, 0.15) is 16.4 Å². The van der Waals surface area contributed by atoms with E-state index in [2.05, 4.69) is 15.9 Å². The summed E-state index contributed by atoms with van der Waals surface area (Å²) in [5.41, 5.74) is 0.663. The number of rotatable bonds is 4. The van der Waals surface area contributed by atoms with E-state index in [0.717, 1.165) is 0 Å². The molecule has 4 nitrogen and oxygen atoms in total. The molecule has 0 aromatic carbocycles. The third-order valence-electron chi connectivity index (χ3n) is 1.87. The van der Waals surface area contributed by atoms with E-state index in [1.54, 1.807) is 13.8 Å². The van der Waals surface area contributed by atoms with Crippen LogP contribution in [0.1, 0.15) is 28.3 Å². The van der Waals surface area contributed by atoms with E-state index in [1.165, 1.54) is 11.8 Å². The summed E-state index contributed by atoms with van der Waals surface area (Å²) in [7, 11) is 0. The van der Waals surface area contributed by atoms with Crippen molar-refractivity contribution in [2.24, 2.45) is 0 Å². The topological polar surface area (TPSA) is 63.1 Å². The summed E-state index contributed by atoms with van der Waals surface area (Å²) in [6.07, 6.45) is 5.73. The van der Waals surface area contributed by atoms with Crippen molar-refractivity contribution in [3.63, 3.8) is 0 Å². The van der Waals surface area contributed by atoms with Crippen LogP contribution in [0.15, 0.2) is 5.03 Å². The fraction of sp³-hybridized carbons (Fsp3) is 0.364. The van der Waals surface area contributed by atoms with Gasteiger partial charge in [-0.25, -0.2) is 14.8 Å². The lowest BCUT2D eigenvalue weighted by atomic mass is 10.2. The molecule has 0 spiro atoms. The van der Waals surface area contributed by atoms with Crippen LogP contribution in [0.2, 0.25) is 0 Å². The van der Waals surface area contributed by atoms with Gasteiger partial charge in [0.2, 0.25) is 0 Å². The molecular weight excluding hydrogens is 224 g/mol. The molecular formula is C11H12N2O2S. The molecule has 0 radical (unpaired) electrons. The molecule has 0 saturated heterocycles. The molecule has 84 valence electrons. The van der Waals surface area contributed by atoms with Gasteiger partial charge in [-0.15, -0.1) is 24.1 Å². The highest BCUT2D eigenvalue weighted by Gasteiger charge is 2.16. The highest BCUT2D eigenvalue weighted by molar-refractivity contribution is 7.99. The Morgan fingerprint density at radius 3 is 2.75 bits per heavy atom. The average Bonchev–Trinajstić information content (AvgIpc) is 2.16. The Labute approximate surface area is 98.5 Å². The molecule has 0 fully saturated rings. The van der Waals surface area contributed by atoms with Gasteiger partial charge < -0.3 is 5.11 Å². The first-order valence-electron chi connectivity index (χ1n) is 4.71. The number of terminal acetylenes is 1. The SMILES string of the molecule is C#CCCSc1nc(C)nc(C)c1C(=O)O. The van der Waals surface area contributed by atoms with E-state index >= 15 is 0 Å². The summed E-state index contributed by atoms with van der Waals surface area (Å²) in [6.45, 7) is 3.41. The van der Waals surface area contributed by atoms with Crippen LogP contribution in [0.4, 0.5) is 0 Å². The molecule has 1 aromatic rings. The number of thioether (sulfide) groups is 1. The lowest BCUT2D eigenvalue weighted by Gasteiger charge is -2.07. The zero-order valence-corrected chi connectivity index (χ0v) is 9.97. The normalized spacial score (nSPS) is 9.81. The quantitative estimate of drug-likeness (QED) is 0.374. The van der Waals surface area contributed by atoms with Crippen LogP contribution >= 0.6 is 11.8 Å². The molecule has 0 atom stereocenters. The zero-order chi connectivity index (χ0) is 12.1. The van der Waals surface area contributed by atoms with E-state index in [4.69, 9.17) is 11.5 Å². The number of carbonyl (C=O) groups is 1. The number of aromatic carboxylic acids is 1. The monoisotopic (exact) mass is 236 g/mol. The first-order chi connectivity index (χ1) is 7.56. The molecule has 1 heterocycles. The van der Waals surface area contributed by atoms with Crippen LogP contribution in [0, 0.1) is 26.2 Å². The second-order valence-electron chi connectivity index (χ2n) is 3.14. The summed E-state index contributed by atoms with van der Waals surface area (Å²) in [6, 6.07) is 0. The number of hydrogen-bond donors (Lipinski definition) is 1. The molecule has 0 aliphatic carbocycles. The molecule has 16 heavy (non-hydrogen) atoms. The molecule has 1 rings (SSSR count). The molecule has 0 aliphatic heterocycles. The van der Waals surface area contributed by atoms with E-state index in [1.807, 2.05) is 0 Å². The van der Waals surface area contributed by atoms with Gasteiger partial charge in [-0.3, -0.25) is 0 Å². The van der Waals surface area contributed by atoms with Gasteiger partial charge in [-0.05, 0) is 13.8 Å².